The summed E-state index contributed by atoms with van der Waals surface area (Å²) >= 11 is 0. The second-order valence-electron chi connectivity index (χ2n) is 3.32. The molecule has 2 aromatic carbocycles. The molecule has 0 unspecified atom stereocenters. The highest BCUT2D eigenvalue weighted by Crippen LogP contribution is 2.23. The summed E-state index contributed by atoms with van der Waals surface area (Å²) in [4.78, 5) is 2.18. The van der Waals surface area contributed by atoms with Gasteiger partial charge in [0.1, 0.15) is 0 Å². The number of hydrogen-bond acceptors (Lipinski definition) is 1. The Morgan fingerprint density at radius 2 is 1.13 bits per heavy atom. The molecule has 2 aromatic rings. The van der Waals surface area contributed by atoms with Crippen molar-refractivity contribution in [1.29, 1.82) is 0 Å². The second kappa shape index (κ2) is 4.65. The summed E-state index contributed by atoms with van der Waals surface area (Å²) < 4.78 is 0. The van der Waals surface area contributed by atoms with Gasteiger partial charge < -0.3 is 4.90 Å². The fraction of sp³-hybridized carbons (Fsp3) is 0.0714. The minimum Gasteiger partial charge on any atom is -0.341 e. The van der Waals surface area contributed by atoms with E-state index >= 15 is 0 Å². The van der Waals surface area contributed by atoms with Gasteiger partial charge in [0.15, 0.2) is 0 Å². The lowest BCUT2D eigenvalue weighted by Crippen LogP contribution is -2.15. The van der Waals surface area contributed by atoms with Crippen molar-refractivity contribution in [3.63, 3.8) is 0 Å². The van der Waals surface area contributed by atoms with E-state index in [0.29, 0.717) is 0 Å². The molecule has 15 heavy (non-hydrogen) atoms. The molecule has 1 heteroatoms. The van der Waals surface area contributed by atoms with Gasteiger partial charge in [-0.25, -0.2) is 0 Å². The lowest BCUT2D eigenvalue weighted by molar-refractivity contribution is 1.10. The van der Waals surface area contributed by atoms with Crippen LogP contribution in [0.15, 0.2) is 60.7 Å². The number of nitrogens with zero attached hydrogens (tertiary/aromatic N) is 1. The fourth-order valence-corrected chi connectivity index (χ4v) is 1.62. The zero-order chi connectivity index (χ0) is 10.5. The molecule has 0 heterocycles. The van der Waals surface area contributed by atoms with Crippen LogP contribution in [0.3, 0.4) is 0 Å². The molecule has 0 aliphatic heterocycles. The van der Waals surface area contributed by atoms with Gasteiger partial charge in [-0.1, -0.05) is 36.4 Å². The maximum absolute atomic E-state index is 3.96. The van der Waals surface area contributed by atoms with E-state index in [2.05, 4.69) is 36.1 Å². The molecule has 1 radical (unpaired) electrons. The summed E-state index contributed by atoms with van der Waals surface area (Å²) in [5.74, 6) is 0. The van der Waals surface area contributed by atoms with E-state index in [9.17, 15) is 0 Å². The third-order valence-corrected chi connectivity index (χ3v) is 2.36. The molecule has 0 amide bonds. The summed E-state index contributed by atoms with van der Waals surface area (Å²) in [7, 11) is 0. The van der Waals surface area contributed by atoms with Crippen LogP contribution in [0.25, 0.3) is 0 Å². The topological polar surface area (TPSA) is 3.24 Å². The quantitative estimate of drug-likeness (QED) is 0.724. The van der Waals surface area contributed by atoms with E-state index in [1.807, 2.05) is 36.4 Å². The first-order valence-electron chi connectivity index (χ1n) is 5.08. The molecule has 0 spiro atoms. The van der Waals surface area contributed by atoms with Crippen LogP contribution in [0.4, 0.5) is 11.4 Å². The van der Waals surface area contributed by atoms with E-state index in [1.54, 1.807) is 0 Å². The Bertz CT molecular complexity index is 355. The molecule has 0 aliphatic rings. The van der Waals surface area contributed by atoms with Crippen molar-refractivity contribution in [2.45, 2.75) is 0 Å². The zero-order valence-electron chi connectivity index (χ0n) is 8.63. The monoisotopic (exact) mass is 196 g/mol. The van der Waals surface area contributed by atoms with Gasteiger partial charge in [-0.15, -0.1) is 0 Å². The smallest absolute Gasteiger partial charge is 0.0410 e. The van der Waals surface area contributed by atoms with Crippen LogP contribution in [-0.4, -0.2) is 6.54 Å². The van der Waals surface area contributed by atoms with E-state index in [-0.39, 0.29) is 0 Å². The van der Waals surface area contributed by atoms with Crippen LogP contribution < -0.4 is 4.90 Å². The van der Waals surface area contributed by atoms with Gasteiger partial charge in [-0.05, 0) is 31.2 Å². The highest BCUT2D eigenvalue weighted by atomic mass is 15.1. The summed E-state index contributed by atoms with van der Waals surface area (Å²) in [6, 6.07) is 20.6. The van der Waals surface area contributed by atoms with Gasteiger partial charge in [-0.3, -0.25) is 0 Å². The normalized spacial score (nSPS) is 9.93. The number of rotatable bonds is 3. The van der Waals surface area contributed by atoms with Gasteiger partial charge in [0.2, 0.25) is 0 Å². The van der Waals surface area contributed by atoms with Crippen LogP contribution in [0.5, 0.6) is 0 Å². The molecule has 0 fully saturated rings. The molecule has 0 aromatic heterocycles. The predicted octanol–water partition coefficient (Wildman–Crippen LogP) is 3.66. The van der Waals surface area contributed by atoms with Gasteiger partial charge in [0.25, 0.3) is 0 Å². The summed E-state index contributed by atoms with van der Waals surface area (Å²) in [6.45, 7) is 4.69. The van der Waals surface area contributed by atoms with Crippen LogP contribution in [0.1, 0.15) is 0 Å². The Morgan fingerprint density at radius 1 is 0.733 bits per heavy atom. The Morgan fingerprint density at radius 3 is 1.47 bits per heavy atom. The lowest BCUT2D eigenvalue weighted by Gasteiger charge is -2.22. The minimum atomic E-state index is 0.730. The fourth-order valence-electron chi connectivity index (χ4n) is 1.62. The largest absolute Gasteiger partial charge is 0.341 e. The van der Waals surface area contributed by atoms with Gasteiger partial charge in [-0.2, -0.15) is 0 Å². The highest BCUT2D eigenvalue weighted by Gasteiger charge is 2.04. The molecule has 0 bridgehead atoms. The highest BCUT2D eigenvalue weighted by molar-refractivity contribution is 5.62. The standard InChI is InChI=1S/C14H14N/c1-2-15(13-9-5-3-6-10-13)14-11-7-4-8-12-14/h3-12H,1-2H2. The van der Waals surface area contributed by atoms with Crippen LogP contribution in [0, 0.1) is 6.92 Å². The second-order valence-corrected chi connectivity index (χ2v) is 3.32. The SMILES string of the molecule is [CH2]CN(c1ccccc1)c1ccccc1. The van der Waals surface area contributed by atoms with Crippen molar-refractivity contribution >= 4 is 11.4 Å². The van der Waals surface area contributed by atoms with E-state index in [0.717, 1.165) is 6.54 Å². The average molecular weight is 196 g/mol. The molecule has 1 nitrogen and oxygen atoms in total. The lowest BCUT2D eigenvalue weighted by atomic mass is 10.2. The van der Waals surface area contributed by atoms with Crippen molar-refractivity contribution < 1.29 is 0 Å². The van der Waals surface area contributed by atoms with Gasteiger partial charge in [0.05, 0.1) is 0 Å². The number of hydrogen-bond donors (Lipinski definition) is 0. The van der Waals surface area contributed by atoms with Crippen LogP contribution in [-0.2, 0) is 0 Å². The molecule has 0 N–H and O–H groups in total. The number of anilines is 2. The van der Waals surface area contributed by atoms with Crippen LogP contribution >= 0.6 is 0 Å². The van der Waals surface area contributed by atoms with E-state index in [1.165, 1.54) is 11.4 Å². The van der Waals surface area contributed by atoms with Crippen molar-refractivity contribution in [3.8, 4) is 0 Å². The molecule has 0 saturated carbocycles. The predicted molar refractivity (Wildman–Crippen MR) is 65.2 cm³/mol. The first-order chi connectivity index (χ1) is 7.42. The zero-order valence-corrected chi connectivity index (χ0v) is 8.63. The Hall–Kier alpha value is -1.76. The molecule has 0 aliphatic carbocycles. The maximum atomic E-state index is 3.96. The van der Waals surface area contributed by atoms with Gasteiger partial charge in [0, 0.05) is 17.9 Å². The summed E-state index contributed by atoms with van der Waals surface area (Å²) in [5, 5.41) is 0. The molecular formula is C14H14N. The molecule has 0 atom stereocenters. The van der Waals surface area contributed by atoms with E-state index < -0.39 is 0 Å². The first kappa shape index (κ1) is 9.78. The van der Waals surface area contributed by atoms with Crippen molar-refractivity contribution in [3.05, 3.63) is 67.6 Å². The summed E-state index contributed by atoms with van der Waals surface area (Å²) in [5.41, 5.74) is 2.36. The first-order valence-corrected chi connectivity index (χ1v) is 5.08. The molecule has 0 saturated heterocycles. The average Bonchev–Trinajstić information content (AvgIpc) is 2.33. The third-order valence-electron chi connectivity index (χ3n) is 2.36. The summed E-state index contributed by atoms with van der Waals surface area (Å²) in [6.07, 6.45) is 0. The Labute approximate surface area is 91.0 Å². The molecule has 75 valence electrons. The Balaban J connectivity index is 2.34. The maximum Gasteiger partial charge on any atom is 0.0410 e. The molecule has 2 rings (SSSR count). The van der Waals surface area contributed by atoms with Crippen molar-refractivity contribution in [2.24, 2.45) is 0 Å². The van der Waals surface area contributed by atoms with Gasteiger partial charge >= 0.3 is 0 Å². The molecular weight excluding hydrogens is 182 g/mol. The van der Waals surface area contributed by atoms with Crippen molar-refractivity contribution in [2.75, 3.05) is 11.4 Å². The van der Waals surface area contributed by atoms with Crippen molar-refractivity contribution in [1.82, 2.24) is 0 Å². The third kappa shape index (κ3) is 2.18. The Kier molecular flexibility index (Phi) is 3.03. The van der Waals surface area contributed by atoms with E-state index in [4.69, 9.17) is 0 Å². The van der Waals surface area contributed by atoms with Crippen LogP contribution in [0.2, 0.25) is 0 Å². The number of para-hydroxylation sites is 2. The minimum absolute atomic E-state index is 0.730. The number of benzene rings is 2.